The van der Waals surface area contributed by atoms with Gasteiger partial charge in [-0.1, -0.05) is 36.0 Å². The quantitative estimate of drug-likeness (QED) is 0.838. The molecular weight excluding hydrogens is 264 g/mol. The number of rotatable bonds is 4. The molecule has 3 N–H and O–H groups in total. The number of hydrogen-bond donors (Lipinski definition) is 2. The molecule has 0 aliphatic carbocycles. The van der Waals surface area contributed by atoms with Gasteiger partial charge in [-0.2, -0.15) is 0 Å². The lowest BCUT2D eigenvalue weighted by molar-refractivity contribution is 1.15. The molecule has 0 aliphatic heterocycles. The molecule has 0 amide bonds. The van der Waals surface area contributed by atoms with Crippen molar-refractivity contribution in [1.29, 1.82) is 0 Å². The summed E-state index contributed by atoms with van der Waals surface area (Å²) in [7, 11) is 0. The number of halogens is 1. The summed E-state index contributed by atoms with van der Waals surface area (Å²) < 4.78 is 0. The molecular formula is C14H13ClN2S. The van der Waals surface area contributed by atoms with Crippen molar-refractivity contribution < 1.29 is 0 Å². The van der Waals surface area contributed by atoms with Crippen molar-refractivity contribution in [3.05, 3.63) is 64.7 Å². The predicted molar refractivity (Wildman–Crippen MR) is 81.1 cm³/mol. The smallest absolute Gasteiger partial charge is 0.103 e. The number of hydrogen-bond acceptors (Lipinski definition) is 2. The zero-order valence-electron chi connectivity index (χ0n) is 9.69. The fraction of sp³-hybridized carbons (Fsp3) is 0.0714. The molecule has 0 bridgehead atoms. The van der Waals surface area contributed by atoms with Crippen LogP contribution in [0, 0.1) is 0 Å². The Hall–Kier alpha value is -1.58. The highest BCUT2D eigenvalue weighted by atomic mass is 35.5. The van der Waals surface area contributed by atoms with Crippen LogP contribution in [-0.2, 0) is 6.54 Å². The van der Waals surface area contributed by atoms with Crippen molar-refractivity contribution in [2.75, 3.05) is 5.32 Å². The Labute approximate surface area is 117 Å². The van der Waals surface area contributed by atoms with E-state index in [0.717, 1.165) is 28.4 Å². The van der Waals surface area contributed by atoms with Gasteiger partial charge in [-0.3, -0.25) is 0 Å². The standard InChI is InChI=1S/C14H13ClN2S/c15-12-3-1-2-10(8-12)9-17-13-6-4-11(5-7-13)14(16)18/h1-8,17H,9H2,(H2,16,18). The third-order valence-corrected chi connectivity index (χ3v) is 3.03. The molecule has 2 rings (SSSR count). The lowest BCUT2D eigenvalue weighted by Crippen LogP contribution is -2.09. The normalized spacial score (nSPS) is 10.1. The van der Waals surface area contributed by atoms with E-state index in [0.29, 0.717) is 4.99 Å². The largest absolute Gasteiger partial charge is 0.389 e. The molecule has 92 valence electrons. The van der Waals surface area contributed by atoms with E-state index < -0.39 is 0 Å². The van der Waals surface area contributed by atoms with E-state index in [1.807, 2.05) is 48.5 Å². The Bertz CT molecular complexity index is 552. The van der Waals surface area contributed by atoms with Crippen molar-refractivity contribution >= 4 is 34.5 Å². The first kappa shape index (κ1) is 12.9. The van der Waals surface area contributed by atoms with Gasteiger partial charge in [0, 0.05) is 22.8 Å². The van der Waals surface area contributed by atoms with Crippen molar-refractivity contribution in [3.8, 4) is 0 Å². The van der Waals surface area contributed by atoms with Gasteiger partial charge in [0.2, 0.25) is 0 Å². The molecule has 18 heavy (non-hydrogen) atoms. The van der Waals surface area contributed by atoms with Crippen LogP contribution < -0.4 is 11.1 Å². The molecule has 2 aromatic rings. The number of thiocarbonyl (C=S) groups is 1. The Morgan fingerprint density at radius 2 is 1.89 bits per heavy atom. The van der Waals surface area contributed by atoms with Crippen LogP contribution in [0.15, 0.2) is 48.5 Å². The summed E-state index contributed by atoms with van der Waals surface area (Å²) in [5.41, 5.74) is 8.58. The average Bonchev–Trinajstić information content (AvgIpc) is 2.37. The summed E-state index contributed by atoms with van der Waals surface area (Å²) >= 11 is 10.8. The molecule has 2 aromatic carbocycles. The maximum atomic E-state index is 5.93. The summed E-state index contributed by atoms with van der Waals surface area (Å²) in [6, 6.07) is 15.5. The molecule has 0 heterocycles. The molecule has 0 unspecified atom stereocenters. The average molecular weight is 277 g/mol. The van der Waals surface area contributed by atoms with Crippen molar-refractivity contribution in [1.82, 2.24) is 0 Å². The first-order chi connectivity index (χ1) is 8.65. The molecule has 0 fully saturated rings. The highest BCUT2D eigenvalue weighted by Gasteiger charge is 1.97. The van der Waals surface area contributed by atoms with Gasteiger partial charge in [0.05, 0.1) is 0 Å². The Morgan fingerprint density at radius 3 is 2.50 bits per heavy atom. The van der Waals surface area contributed by atoms with Gasteiger partial charge >= 0.3 is 0 Å². The second kappa shape index (κ2) is 5.85. The van der Waals surface area contributed by atoms with Gasteiger partial charge < -0.3 is 11.1 Å². The first-order valence-corrected chi connectivity index (χ1v) is 6.32. The van der Waals surface area contributed by atoms with E-state index >= 15 is 0 Å². The Kier molecular flexibility index (Phi) is 4.18. The maximum absolute atomic E-state index is 5.93. The van der Waals surface area contributed by atoms with Gasteiger partial charge in [0.15, 0.2) is 0 Å². The van der Waals surface area contributed by atoms with Crippen LogP contribution in [-0.4, -0.2) is 4.99 Å². The van der Waals surface area contributed by atoms with Gasteiger partial charge in [0.1, 0.15) is 4.99 Å². The first-order valence-electron chi connectivity index (χ1n) is 5.53. The molecule has 0 saturated carbocycles. The highest BCUT2D eigenvalue weighted by molar-refractivity contribution is 7.80. The predicted octanol–water partition coefficient (Wildman–Crippen LogP) is 3.59. The molecule has 0 aromatic heterocycles. The number of nitrogens with two attached hydrogens (primary N) is 1. The summed E-state index contributed by atoms with van der Waals surface area (Å²) in [5.74, 6) is 0. The molecule has 0 saturated heterocycles. The minimum absolute atomic E-state index is 0.413. The third kappa shape index (κ3) is 3.45. The van der Waals surface area contributed by atoms with E-state index in [2.05, 4.69) is 5.32 Å². The van der Waals surface area contributed by atoms with Crippen molar-refractivity contribution in [2.45, 2.75) is 6.54 Å². The lowest BCUT2D eigenvalue weighted by Gasteiger charge is -2.07. The van der Waals surface area contributed by atoms with E-state index in [1.54, 1.807) is 0 Å². The van der Waals surface area contributed by atoms with Crippen LogP contribution in [0.2, 0.25) is 5.02 Å². The summed E-state index contributed by atoms with van der Waals surface area (Å²) in [4.78, 5) is 0.413. The van der Waals surface area contributed by atoms with Crippen LogP contribution >= 0.6 is 23.8 Å². The van der Waals surface area contributed by atoms with Gasteiger partial charge in [-0.25, -0.2) is 0 Å². The molecule has 4 heteroatoms. The monoisotopic (exact) mass is 276 g/mol. The molecule has 0 aliphatic rings. The van der Waals surface area contributed by atoms with E-state index in [9.17, 15) is 0 Å². The molecule has 2 nitrogen and oxygen atoms in total. The summed E-state index contributed by atoms with van der Waals surface area (Å²) in [6.07, 6.45) is 0. The van der Waals surface area contributed by atoms with Crippen molar-refractivity contribution in [2.24, 2.45) is 5.73 Å². The topological polar surface area (TPSA) is 38.0 Å². The van der Waals surface area contributed by atoms with Crippen LogP contribution in [0.25, 0.3) is 0 Å². The Balaban J connectivity index is 2.00. The molecule has 0 spiro atoms. The fourth-order valence-corrected chi connectivity index (χ4v) is 1.95. The van der Waals surface area contributed by atoms with Crippen LogP contribution in [0.5, 0.6) is 0 Å². The number of nitrogens with one attached hydrogen (secondary N) is 1. The zero-order valence-corrected chi connectivity index (χ0v) is 11.3. The zero-order chi connectivity index (χ0) is 13.0. The van der Waals surface area contributed by atoms with E-state index in [-0.39, 0.29) is 0 Å². The van der Waals surface area contributed by atoms with Crippen molar-refractivity contribution in [3.63, 3.8) is 0 Å². The number of anilines is 1. The molecule has 0 radical (unpaired) electrons. The second-order valence-corrected chi connectivity index (χ2v) is 4.80. The molecule has 0 atom stereocenters. The highest BCUT2D eigenvalue weighted by Crippen LogP contribution is 2.14. The second-order valence-electron chi connectivity index (χ2n) is 3.93. The van der Waals surface area contributed by atoms with E-state index in [4.69, 9.17) is 29.6 Å². The maximum Gasteiger partial charge on any atom is 0.103 e. The third-order valence-electron chi connectivity index (χ3n) is 2.56. The van der Waals surface area contributed by atoms with Gasteiger partial charge in [0.25, 0.3) is 0 Å². The fourth-order valence-electron chi connectivity index (χ4n) is 1.60. The van der Waals surface area contributed by atoms with Crippen LogP contribution in [0.4, 0.5) is 5.69 Å². The van der Waals surface area contributed by atoms with E-state index in [1.165, 1.54) is 0 Å². The minimum atomic E-state index is 0.413. The Morgan fingerprint density at radius 1 is 1.17 bits per heavy atom. The van der Waals surface area contributed by atoms with Gasteiger partial charge in [-0.15, -0.1) is 0 Å². The van der Waals surface area contributed by atoms with Crippen LogP contribution in [0.3, 0.4) is 0 Å². The SMILES string of the molecule is NC(=S)c1ccc(NCc2cccc(Cl)c2)cc1. The lowest BCUT2D eigenvalue weighted by atomic mass is 10.2. The summed E-state index contributed by atoms with van der Waals surface area (Å²) in [6.45, 7) is 0.729. The van der Waals surface area contributed by atoms with Gasteiger partial charge in [-0.05, 0) is 42.0 Å². The van der Waals surface area contributed by atoms with Crippen LogP contribution in [0.1, 0.15) is 11.1 Å². The number of benzene rings is 2. The summed E-state index contributed by atoms with van der Waals surface area (Å²) in [5, 5.41) is 4.06. The minimum Gasteiger partial charge on any atom is -0.389 e.